The smallest absolute Gasteiger partial charge is 0.230 e. The number of hydrogen-bond donors (Lipinski definition) is 2. The van der Waals surface area contributed by atoms with Gasteiger partial charge in [0.25, 0.3) is 0 Å². The zero-order valence-electron chi connectivity index (χ0n) is 15.3. The molecule has 1 aliphatic heterocycles. The van der Waals surface area contributed by atoms with Crippen molar-refractivity contribution in [3.8, 4) is 5.75 Å². The molecular weight excluding hydrogens is 374 g/mol. The van der Waals surface area contributed by atoms with Gasteiger partial charge in [-0.25, -0.2) is 4.98 Å². The number of anilines is 1. The van der Waals surface area contributed by atoms with Gasteiger partial charge in [0, 0.05) is 36.2 Å². The number of H-pyrrole nitrogens is 1. The third-order valence-electron chi connectivity index (χ3n) is 5.87. The predicted molar refractivity (Wildman–Crippen MR) is 110 cm³/mol. The summed E-state index contributed by atoms with van der Waals surface area (Å²) in [6.07, 6.45) is 4.16. The second kappa shape index (κ2) is 7.32. The van der Waals surface area contributed by atoms with Gasteiger partial charge in [0.15, 0.2) is 0 Å². The molecule has 2 heterocycles. The van der Waals surface area contributed by atoms with Gasteiger partial charge in [0.05, 0.1) is 12.0 Å². The molecule has 0 bridgehead atoms. The number of hydrogen-bond acceptors (Lipinski definition) is 3. The minimum Gasteiger partial charge on any atom is -0.508 e. The summed E-state index contributed by atoms with van der Waals surface area (Å²) in [6.45, 7) is 0.648. The van der Waals surface area contributed by atoms with E-state index in [4.69, 9.17) is 0 Å². The van der Waals surface area contributed by atoms with Gasteiger partial charge in [-0.05, 0) is 42.2 Å². The van der Waals surface area contributed by atoms with Crippen molar-refractivity contribution in [2.24, 2.45) is 5.92 Å². The topological polar surface area (TPSA) is 69.2 Å². The first-order valence-electron chi connectivity index (χ1n) is 9.41. The number of amides is 1. The number of aromatic hydroxyl groups is 1. The molecule has 1 amide bonds. The lowest BCUT2D eigenvalue weighted by Gasteiger charge is -2.26. The molecule has 28 heavy (non-hydrogen) atoms. The summed E-state index contributed by atoms with van der Waals surface area (Å²) in [6, 6.07) is 15.5. The molecule has 0 fully saturated rings. The lowest BCUT2D eigenvalue weighted by molar-refractivity contribution is -0.122. The van der Waals surface area contributed by atoms with Gasteiger partial charge in [-0.2, -0.15) is 0 Å². The first-order valence-corrected chi connectivity index (χ1v) is 9.41. The SMILES string of the molecule is Cl.O=C(C1CCc2nc[nH]c2C1)N1CC(c2ccc(O)cc2)c2ccccc21. The van der Waals surface area contributed by atoms with Crippen LogP contribution in [0.5, 0.6) is 5.75 Å². The molecule has 1 aromatic heterocycles. The molecule has 1 aliphatic carbocycles. The first kappa shape index (κ1) is 18.6. The average molecular weight is 396 g/mol. The van der Waals surface area contributed by atoms with Crippen molar-refractivity contribution in [1.29, 1.82) is 0 Å². The number of halogens is 1. The number of aromatic amines is 1. The number of carbonyl (C=O) groups excluding carboxylic acids is 1. The summed E-state index contributed by atoms with van der Waals surface area (Å²) in [7, 11) is 0. The van der Waals surface area contributed by atoms with Crippen molar-refractivity contribution in [1.82, 2.24) is 9.97 Å². The number of aromatic nitrogens is 2. The fraction of sp³-hybridized carbons (Fsp3) is 0.273. The standard InChI is InChI=1S/C22H21N3O2.ClH/c26-16-8-5-14(6-9-16)18-12-25(21-4-2-1-3-17(18)21)22(27)15-7-10-19-20(11-15)24-13-23-19;/h1-6,8-9,13,15,18,26H,7,10-12H2,(H,23,24);1H. The van der Waals surface area contributed by atoms with E-state index in [2.05, 4.69) is 16.0 Å². The van der Waals surface area contributed by atoms with Gasteiger partial charge in [0.1, 0.15) is 5.75 Å². The van der Waals surface area contributed by atoms with Crippen molar-refractivity contribution < 1.29 is 9.90 Å². The van der Waals surface area contributed by atoms with Gasteiger partial charge in [0.2, 0.25) is 5.91 Å². The van der Waals surface area contributed by atoms with Crippen LogP contribution in [0.2, 0.25) is 0 Å². The zero-order valence-corrected chi connectivity index (χ0v) is 16.2. The Balaban J connectivity index is 0.00000192. The van der Waals surface area contributed by atoms with Crippen molar-refractivity contribution in [2.45, 2.75) is 25.2 Å². The normalized spacial score (nSPS) is 20.2. The second-order valence-corrected chi connectivity index (χ2v) is 7.42. The molecule has 144 valence electrons. The molecule has 5 rings (SSSR count). The van der Waals surface area contributed by atoms with Crippen LogP contribution in [0.15, 0.2) is 54.9 Å². The maximum absolute atomic E-state index is 13.4. The molecule has 0 spiro atoms. The average Bonchev–Trinajstić information content (AvgIpc) is 3.32. The van der Waals surface area contributed by atoms with E-state index in [1.165, 1.54) is 5.56 Å². The van der Waals surface area contributed by atoms with E-state index in [1.54, 1.807) is 18.5 Å². The number of aryl methyl sites for hydroxylation is 1. The molecule has 2 N–H and O–H groups in total. The van der Waals surface area contributed by atoms with Crippen LogP contribution in [0.1, 0.15) is 34.9 Å². The molecule has 2 unspecified atom stereocenters. The van der Waals surface area contributed by atoms with Crippen LogP contribution in [0.25, 0.3) is 0 Å². The van der Waals surface area contributed by atoms with Crippen LogP contribution in [0.3, 0.4) is 0 Å². The fourth-order valence-corrected chi connectivity index (χ4v) is 4.44. The Hall–Kier alpha value is -2.79. The highest BCUT2D eigenvalue weighted by molar-refractivity contribution is 5.98. The van der Waals surface area contributed by atoms with Gasteiger partial charge >= 0.3 is 0 Å². The molecular formula is C22H22ClN3O2. The molecule has 6 heteroatoms. The van der Waals surface area contributed by atoms with Crippen LogP contribution >= 0.6 is 12.4 Å². The Morgan fingerprint density at radius 3 is 2.75 bits per heavy atom. The van der Waals surface area contributed by atoms with Crippen molar-refractivity contribution in [3.05, 3.63) is 77.4 Å². The zero-order chi connectivity index (χ0) is 18.4. The quantitative estimate of drug-likeness (QED) is 0.693. The highest BCUT2D eigenvalue weighted by atomic mass is 35.5. The molecule has 2 aromatic carbocycles. The number of carbonyl (C=O) groups is 1. The van der Waals surface area contributed by atoms with E-state index in [0.29, 0.717) is 6.54 Å². The van der Waals surface area contributed by atoms with Crippen LogP contribution < -0.4 is 4.90 Å². The molecule has 2 atom stereocenters. The van der Waals surface area contributed by atoms with E-state index in [0.717, 1.165) is 41.9 Å². The summed E-state index contributed by atoms with van der Waals surface area (Å²) >= 11 is 0. The van der Waals surface area contributed by atoms with Crippen molar-refractivity contribution in [3.63, 3.8) is 0 Å². The Morgan fingerprint density at radius 2 is 1.93 bits per heavy atom. The Labute approximate surface area is 169 Å². The van der Waals surface area contributed by atoms with Crippen LogP contribution in [0.4, 0.5) is 5.69 Å². The van der Waals surface area contributed by atoms with E-state index < -0.39 is 0 Å². The number of para-hydroxylation sites is 1. The fourth-order valence-electron chi connectivity index (χ4n) is 4.44. The molecule has 0 saturated heterocycles. The maximum atomic E-state index is 13.4. The minimum atomic E-state index is -0.00965. The second-order valence-electron chi connectivity index (χ2n) is 7.42. The summed E-state index contributed by atoms with van der Waals surface area (Å²) in [5, 5.41) is 9.59. The Morgan fingerprint density at radius 1 is 1.14 bits per heavy atom. The first-order chi connectivity index (χ1) is 13.2. The van der Waals surface area contributed by atoms with E-state index >= 15 is 0 Å². The summed E-state index contributed by atoms with van der Waals surface area (Å²) in [4.78, 5) is 22.9. The Kier molecular flexibility index (Phi) is 4.85. The third kappa shape index (κ3) is 3.06. The lowest BCUT2D eigenvalue weighted by atomic mass is 9.88. The maximum Gasteiger partial charge on any atom is 0.230 e. The highest BCUT2D eigenvalue weighted by Gasteiger charge is 2.37. The molecule has 3 aromatic rings. The number of rotatable bonds is 2. The summed E-state index contributed by atoms with van der Waals surface area (Å²) in [5.41, 5.74) is 5.51. The number of nitrogens with zero attached hydrogens (tertiary/aromatic N) is 2. The van der Waals surface area contributed by atoms with Gasteiger partial charge in [-0.15, -0.1) is 12.4 Å². The van der Waals surface area contributed by atoms with Crippen LogP contribution in [-0.4, -0.2) is 27.5 Å². The summed E-state index contributed by atoms with van der Waals surface area (Å²) < 4.78 is 0. The number of benzene rings is 2. The summed E-state index contributed by atoms with van der Waals surface area (Å²) in [5.74, 6) is 0.584. The number of imidazole rings is 1. The molecule has 5 nitrogen and oxygen atoms in total. The van der Waals surface area contributed by atoms with Gasteiger partial charge in [-0.1, -0.05) is 30.3 Å². The van der Waals surface area contributed by atoms with Crippen molar-refractivity contribution in [2.75, 3.05) is 11.4 Å². The monoisotopic (exact) mass is 395 g/mol. The lowest BCUT2D eigenvalue weighted by Crippen LogP contribution is -2.38. The highest BCUT2D eigenvalue weighted by Crippen LogP contribution is 2.41. The largest absolute Gasteiger partial charge is 0.508 e. The Bertz CT molecular complexity index is 999. The van der Waals surface area contributed by atoms with E-state index in [-0.39, 0.29) is 35.9 Å². The van der Waals surface area contributed by atoms with Crippen LogP contribution in [-0.2, 0) is 17.6 Å². The van der Waals surface area contributed by atoms with Crippen molar-refractivity contribution >= 4 is 24.0 Å². The van der Waals surface area contributed by atoms with Gasteiger partial charge < -0.3 is 15.0 Å². The third-order valence-corrected chi connectivity index (χ3v) is 5.87. The number of nitrogens with one attached hydrogen (secondary N) is 1. The predicted octanol–water partition coefficient (Wildman–Crippen LogP) is 3.82. The number of fused-ring (bicyclic) bond motifs is 2. The minimum absolute atomic E-state index is 0. The number of phenols is 1. The van der Waals surface area contributed by atoms with Gasteiger partial charge in [-0.3, -0.25) is 4.79 Å². The number of phenolic OH excluding ortho intramolecular Hbond substituents is 1. The molecule has 0 saturated carbocycles. The molecule has 2 aliphatic rings. The van der Waals surface area contributed by atoms with E-state index in [9.17, 15) is 9.90 Å². The van der Waals surface area contributed by atoms with E-state index in [1.807, 2.05) is 35.2 Å². The molecule has 0 radical (unpaired) electrons. The van der Waals surface area contributed by atoms with Crippen LogP contribution in [0, 0.1) is 5.92 Å².